The van der Waals surface area contributed by atoms with Gasteiger partial charge in [0.25, 0.3) is 6.47 Å². The largest absolute Gasteiger partial charge is 0.464 e. The number of carbonyl (C=O) groups excluding carboxylic acids is 1. The molecule has 0 bridgehead atoms. The van der Waals surface area contributed by atoms with Crippen LogP contribution in [-0.4, -0.2) is 26.2 Å². The number of nitrogens with one attached hydrogen (secondary N) is 1. The van der Waals surface area contributed by atoms with Crippen LogP contribution in [0.2, 0.25) is 0 Å². The number of rotatable bonds is 4. The summed E-state index contributed by atoms with van der Waals surface area (Å²) in [5, 5.41) is 2.87. The Kier molecular flexibility index (Phi) is 4.26. The normalized spacial score (nSPS) is 12.8. The minimum absolute atomic E-state index is 0.0162. The van der Waals surface area contributed by atoms with E-state index in [1.54, 1.807) is 0 Å². The van der Waals surface area contributed by atoms with E-state index in [-0.39, 0.29) is 6.10 Å². The van der Waals surface area contributed by atoms with E-state index in [0.29, 0.717) is 13.0 Å². The fraction of sp³-hybridized carbons (Fsp3) is 0.800. The summed E-state index contributed by atoms with van der Waals surface area (Å²) in [4.78, 5) is 9.64. The van der Waals surface area contributed by atoms with Gasteiger partial charge in [0, 0.05) is 6.54 Å². The van der Waals surface area contributed by atoms with Gasteiger partial charge in [0.05, 0.1) is 0 Å². The highest BCUT2D eigenvalue weighted by Gasteiger charge is 1.95. The Hall–Kier alpha value is -0.570. The lowest BCUT2D eigenvalue weighted by Crippen LogP contribution is -2.22. The second kappa shape index (κ2) is 4.59. The second-order valence-corrected chi connectivity index (χ2v) is 1.60. The summed E-state index contributed by atoms with van der Waals surface area (Å²) >= 11 is 0. The molecular weight excluding hydrogens is 106 g/mol. The maximum absolute atomic E-state index is 9.64. The average molecular weight is 117 g/mol. The molecule has 0 heterocycles. The average Bonchev–Trinajstić information content (AvgIpc) is 1.68. The van der Waals surface area contributed by atoms with Crippen LogP contribution in [0.15, 0.2) is 0 Å². The molecule has 0 aromatic heterocycles. The Morgan fingerprint density at radius 1 is 1.88 bits per heavy atom. The Morgan fingerprint density at radius 2 is 2.50 bits per heavy atom. The minimum atomic E-state index is -0.0162. The van der Waals surface area contributed by atoms with Gasteiger partial charge in [-0.15, -0.1) is 0 Å². The van der Waals surface area contributed by atoms with Gasteiger partial charge in [-0.25, -0.2) is 0 Å². The van der Waals surface area contributed by atoms with Crippen molar-refractivity contribution >= 4 is 6.47 Å². The molecule has 3 heteroatoms. The van der Waals surface area contributed by atoms with Crippen LogP contribution >= 0.6 is 0 Å². The summed E-state index contributed by atoms with van der Waals surface area (Å²) in [6.07, 6.45) is -0.0162. The predicted octanol–water partition coefficient (Wildman–Crippen LogP) is -0.233. The summed E-state index contributed by atoms with van der Waals surface area (Å²) in [5.41, 5.74) is 0. The predicted molar refractivity (Wildman–Crippen MR) is 30.5 cm³/mol. The molecule has 0 fully saturated rings. The Labute approximate surface area is 49.0 Å². The van der Waals surface area contributed by atoms with E-state index in [1.165, 1.54) is 0 Å². The van der Waals surface area contributed by atoms with Crippen molar-refractivity contribution in [1.82, 2.24) is 5.32 Å². The Morgan fingerprint density at radius 3 is 2.88 bits per heavy atom. The fourth-order valence-electron chi connectivity index (χ4n) is 0.430. The van der Waals surface area contributed by atoms with E-state index in [9.17, 15) is 4.79 Å². The van der Waals surface area contributed by atoms with Crippen LogP contribution in [0.25, 0.3) is 0 Å². The van der Waals surface area contributed by atoms with Crippen molar-refractivity contribution in [3.05, 3.63) is 0 Å². The lowest BCUT2D eigenvalue weighted by atomic mass is 10.4. The van der Waals surface area contributed by atoms with Gasteiger partial charge in [-0.1, -0.05) is 0 Å². The first-order valence-electron chi connectivity index (χ1n) is 2.55. The zero-order chi connectivity index (χ0) is 6.41. The number of hydrogen-bond donors (Lipinski definition) is 1. The molecule has 1 atom stereocenters. The molecule has 0 aliphatic heterocycles. The van der Waals surface area contributed by atoms with Gasteiger partial charge in [-0.2, -0.15) is 0 Å². The summed E-state index contributed by atoms with van der Waals surface area (Å²) in [5.74, 6) is 0. The lowest BCUT2D eigenvalue weighted by Gasteiger charge is -2.06. The van der Waals surface area contributed by atoms with E-state index in [2.05, 4.69) is 10.1 Å². The second-order valence-electron chi connectivity index (χ2n) is 1.60. The first kappa shape index (κ1) is 7.43. The van der Waals surface area contributed by atoms with Crippen LogP contribution in [0.5, 0.6) is 0 Å². The molecule has 48 valence electrons. The number of hydrogen-bond acceptors (Lipinski definition) is 3. The monoisotopic (exact) mass is 117 g/mol. The van der Waals surface area contributed by atoms with Crippen molar-refractivity contribution in [1.29, 1.82) is 0 Å². The molecular formula is C5H11NO2. The molecule has 1 N–H and O–H groups in total. The molecule has 0 spiro atoms. The van der Waals surface area contributed by atoms with Crippen molar-refractivity contribution in [2.24, 2.45) is 0 Å². The van der Waals surface area contributed by atoms with Gasteiger partial charge in [0.2, 0.25) is 0 Å². The van der Waals surface area contributed by atoms with Crippen LogP contribution in [0.3, 0.4) is 0 Å². The number of likely N-dealkylation sites (N-methyl/N-ethyl adjacent to an activating group) is 1. The van der Waals surface area contributed by atoms with Gasteiger partial charge in [-0.3, -0.25) is 4.79 Å². The Balaban J connectivity index is 3.03. The third-order valence-electron chi connectivity index (χ3n) is 0.779. The van der Waals surface area contributed by atoms with Crippen LogP contribution in [0.1, 0.15) is 6.92 Å². The highest BCUT2D eigenvalue weighted by molar-refractivity contribution is 5.37. The van der Waals surface area contributed by atoms with E-state index < -0.39 is 0 Å². The quantitative estimate of drug-likeness (QED) is 0.517. The summed E-state index contributed by atoms with van der Waals surface area (Å²) in [6.45, 7) is 2.99. The zero-order valence-corrected chi connectivity index (χ0v) is 5.18. The third-order valence-corrected chi connectivity index (χ3v) is 0.779. The van der Waals surface area contributed by atoms with E-state index in [4.69, 9.17) is 0 Å². The van der Waals surface area contributed by atoms with Crippen molar-refractivity contribution in [2.45, 2.75) is 13.0 Å². The summed E-state index contributed by atoms with van der Waals surface area (Å²) in [7, 11) is 1.81. The minimum Gasteiger partial charge on any atom is -0.464 e. The zero-order valence-electron chi connectivity index (χ0n) is 5.18. The van der Waals surface area contributed by atoms with Gasteiger partial charge in [0.1, 0.15) is 6.10 Å². The maximum atomic E-state index is 9.64. The van der Waals surface area contributed by atoms with Gasteiger partial charge >= 0.3 is 0 Å². The van der Waals surface area contributed by atoms with E-state index >= 15 is 0 Å². The SMILES string of the molecule is CNCC(C)OC=O. The van der Waals surface area contributed by atoms with Crippen molar-refractivity contribution in [3.8, 4) is 0 Å². The van der Waals surface area contributed by atoms with Crippen molar-refractivity contribution in [2.75, 3.05) is 13.6 Å². The molecule has 1 unspecified atom stereocenters. The lowest BCUT2D eigenvalue weighted by molar-refractivity contribution is -0.132. The Bertz CT molecular complexity index is 65.4. The molecule has 0 aliphatic carbocycles. The van der Waals surface area contributed by atoms with Crippen LogP contribution in [0, 0.1) is 0 Å². The third kappa shape index (κ3) is 3.61. The van der Waals surface area contributed by atoms with Gasteiger partial charge < -0.3 is 10.1 Å². The van der Waals surface area contributed by atoms with Gasteiger partial charge in [0.15, 0.2) is 0 Å². The number of carbonyl (C=O) groups is 1. The molecule has 8 heavy (non-hydrogen) atoms. The summed E-state index contributed by atoms with van der Waals surface area (Å²) < 4.78 is 4.54. The number of ether oxygens (including phenoxy) is 1. The van der Waals surface area contributed by atoms with E-state index in [1.807, 2.05) is 14.0 Å². The maximum Gasteiger partial charge on any atom is 0.293 e. The summed E-state index contributed by atoms with van der Waals surface area (Å²) in [6, 6.07) is 0. The highest BCUT2D eigenvalue weighted by Crippen LogP contribution is 1.81. The van der Waals surface area contributed by atoms with E-state index in [0.717, 1.165) is 0 Å². The molecule has 0 saturated carbocycles. The molecule has 0 saturated heterocycles. The standard InChI is InChI=1S/C5H11NO2/c1-5(3-6-2)8-4-7/h4-6H,3H2,1-2H3. The van der Waals surface area contributed by atoms with Crippen LogP contribution < -0.4 is 5.32 Å². The molecule has 0 aromatic carbocycles. The molecule has 0 aromatic rings. The molecule has 3 nitrogen and oxygen atoms in total. The highest BCUT2D eigenvalue weighted by atomic mass is 16.5. The van der Waals surface area contributed by atoms with Crippen LogP contribution in [-0.2, 0) is 9.53 Å². The van der Waals surface area contributed by atoms with Crippen molar-refractivity contribution < 1.29 is 9.53 Å². The molecule has 0 rings (SSSR count). The van der Waals surface area contributed by atoms with Crippen LogP contribution in [0.4, 0.5) is 0 Å². The fourth-order valence-corrected chi connectivity index (χ4v) is 0.430. The molecule has 0 amide bonds. The first-order valence-corrected chi connectivity index (χ1v) is 2.55. The van der Waals surface area contributed by atoms with Crippen molar-refractivity contribution in [3.63, 3.8) is 0 Å². The molecule has 0 aliphatic rings. The smallest absolute Gasteiger partial charge is 0.293 e. The first-order chi connectivity index (χ1) is 3.81. The molecule has 0 radical (unpaired) electrons. The topological polar surface area (TPSA) is 38.3 Å². The van der Waals surface area contributed by atoms with Gasteiger partial charge in [-0.05, 0) is 14.0 Å².